The minimum Gasteiger partial charge on any atom is -0.480 e. The first kappa shape index (κ1) is 8.00. The summed E-state index contributed by atoms with van der Waals surface area (Å²) in [5, 5.41) is 11.3. The molecule has 0 atom stereocenters. The van der Waals surface area contributed by atoms with Crippen molar-refractivity contribution in [2.75, 3.05) is 20.1 Å². The fourth-order valence-corrected chi connectivity index (χ4v) is 1.04. The summed E-state index contributed by atoms with van der Waals surface area (Å²) < 4.78 is 0. The number of carbonyl (C=O) groups is 2. The highest BCUT2D eigenvalue weighted by atomic mass is 16.4. The molecule has 11 heavy (non-hydrogen) atoms. The predicted octanol–water partition coefficient (Wildman–Crippen LogP) is -0.850. The van der Waals surface area contributed by atoms with Gasteiger partial charge in [0.05, 0.1) is 0 Å². The van der Waals surface area contributed by atoms with Gasteiger partial charge in [0.15, 0.2) is 0 Å². The summed E-state index contributed by atoms with van der Waals surface area (Å²) in [6.07, 6.45) is 0.420. The third-order valence-corrected chi connectivity index (χ3v) is 1.69. The van der Waals surface area contributed by atoms with Gasteiger partial charge in [0, 0.05) is 20.0 Å². The van der Waals surface area contributed by atoms with Crippen molar-refractivity contribution in [3.05, 3.63) is 0 Å². The lowest BCUT2D eigenvalue weighted by molar-refractivity contribution is -0.145. The molecule has 0 unspecified atom stereocenters. The highest BCUT2D eigenvalue weighted by Gasteiger charge is 2.26. The minimum absolute atomic E-state index is 0.0220. The van der Waals surface area contributed by atoms with Crippen LogP contribution in [0, 0.1) is 0 Å². The van der Waals surface area contributed by atoms with Crippen molar-refractivity contribution in [2.24, 2.45) is 0 Å². The Bertz CT molecular complexity index is 192. The van der Waals surface area contributed by atoms with Crippen LogP contribution in [0.25, 0.3) is 0 Å². The van der Waals surface area contributed by atoms with E-state index in [1.165, 1.54) is 10.0 Å². The van der Waals surface area contributed by atoms with E-state index in [9.17, 15) is 9.59 Å². The van der Waals surface area contributed by atoms with Gasteiger partial charge in [0.25, 0.3) is 0 Å². The molecule has 1 N–H and O–H groups in total. The van der Waals surface area contributed by atoms with Crippen LogP contribution in [0.4, 0.5) is 0 Å². The summed E-state index contributed by atoms with van der Waals surface area (Å²) in [7, 11) is 1.58. The molecule has 1 rings (SSSR count). The van der Waals surface area contributed by atoms with E-state index in [1.54, 1.807) is 7.05 Å². The summed E-state index contributed by atoms with van der Waals surface area (Å²) in [5.41, 5.74) is 0. The average molecular weight is 158 g/mol. The van der Waals surface area contributed by atoms with E-state index >= 15 is 0 Å². The van der Waals surface area contributed by atoms with Gasteiger partial charge in [0.1, 0.15) is 6.54 Å². The highest BCUT2D eigenvalue weighted by molar-refractivity contribution is 5.78. The SMILES string of the molecule is CN1C(=O)CCN1CC(=O)O. The number of carbonyl (C=O) groups excluding carboxylic acids is 1. The van der Waals surface area contributed by atoms with Crippen LogP contribution in [0.15, 0.2) is 0 Å². The van der Waals surface area contributed by atoms with Crippen LogP contribution in [-0.2, 0) is 9.59 Å². The fourth-order valence-electron chi connectivity index (χ4n) is 1.04. The van der Waals surface area contributed by atoms with Crippen molar-refractivity contribution >= 4 is 11.9 Å². The molecule has 5 nitrogen and oxygen atoms in total. The van der Waals surface area contributed by atoms with Gasteiger partial charge in [-0.2, -0.15) is 0 Å². The lowest BCUT2D eigenvalue weighted by Gasteiger charge is -2.21. The Hall–Kier alpha value is -1.10. The van der Waals surface area contributed by atoms with Gasteiger partial charge < -0.3 is 5.11 Å². The molecule has 0 spiro atoms. The second kappa shape index (κ2) is 2.87. The van der Waals surface area contributed by atoms with E-state index in [2.05, 4.69) is 0 Å². The number of carboxylic acids is 1. The zero-order valence-corrected chi connectivity index (χ0v) is 6.28. The lowest BCUT2D eigenvalue weighted by Crippen LogP contribution is -2.38. The van der Waals surface area contributed by atoms with Crippen molar-refractivity contribution < 1.29 is 14.7 Å². The lowest BCUT2D eigenvalue weighted by atomic mass is 10.4. The molecule has 0 saturated carbocycles. The Kier molecular flexibility index (Phi) is 2.09. The molecule has 1 aliphatic rings. The maximum absolute atomic E-state index is 10.9. The summed E-state index contributed by atoms with van der Waals surface area (Å²) in [4.78, 5) is 21.1. The highest BCUT2D eigenvalue weighted by Crippen LogP contribution is 2.07. The van der Waals surface area contributed by atoms with Crippen molar-refractivity contribution in [1.82, 2.24) is 10.0 Å². The predicted molar refractivity (Wildman–Crippen MR) is 36.6 cm³/mol. The van der Waals surface area contributed by atoms with Crippen molar-refractivity contribution in [2.45, 2.75) is 6.42 Å². The molecule has 62 valence electrons. The normalized spacial score (nSPS) is 19.4. The first-order valence-electron chi connectivity index (χ1n) is 3.34. The second-order valence-electron chi connectivity index (χ2n) is 2.45. The second-order valence-corrected chi connectivity index (χ2v) is 2.45. The standard InChI is InChI=1S/C6H10N2O3/c1-7-5(9)2-3-8(7)4-6(10)11/h2-4H2,1H3,(H,10,11). The molecular formula is C6H10N2O3. The maximum atomic E-state index is 10.9. The minimum atomic E-state index is -0.911. The number of hydrogen-bond donors (Lipinski definition) is 1. The third kappa shape index (κ3) is 1.68. The van der Waals surface area contributed by atoms with E-state index in [1.807, 2.05) is 0 Å². The van der Waals surface area contributed by atoms with Crippen molar-refractivity contribution in [1.29, 1.82) is 0 Å². The van der Waals surface area contributed by atoms with Crippen LogP contribution in [0.2, 0.25) is 0 Å². The largest absolute Gasteiger partial charge is 0.480 e. The Morgan fingerprint density at radius 2 is 2.36 bits per heavy atom. The van der Waals surface area contributed by atoms with Gasteiger partial charge in [-0.1, -0.05) is 0 Å². The van der Waals surface area contributed by atoms with Crippen LogP contribution in [-0.4, -0.2) is 47.1 Å². The topological polar surface area (TPSA) is 60.9 Å². The smallest absolute Gasteiger partial charge is 0.319 e. The quantitative estimate of drug-likeness (QED) is 0.568. The Morgan fingerprint density at radius 3 is 2.73 bits per heavy atom. The number of amides is 1. The Morgan fingerprint density at radius 1 is 1.73 bits per heavy atom. The van der Waals surface area contributed by atoms with E-state index in [4.69, 9.17) is 5.11 Å². The van der Waals surface area contributed by atoms with Crippen molar-refractivity contribution in [3.8, 4) is 0 Å². The molecule has 1 saturated heterocycles. The monoisotopic (exact) mass is 158 g/mol. The summed E-state index contributed by atoms with van der Waals surface area (Å²) in [6.45, 7) is 0.421. The number of carboxylic acid groups (broad SMARTS) is 1. The molecule has 0 aromatic carbocycles. The van der Waals surface area contributed by atoms with Crippen LogP contribution < -0.4 is 0 Å². The summed E-state index contributed by atoms with van der Waals surface area (Å²) in [5.74, 6) is -0.933. The first-order valence-corrected chi connectivity index (χ1v) is 3.34. The van der Waals surface area contributed by atoms with E-state index in [-0.39, 0.29) is 12.5 Å². The van der Waals surface area contributed by atoms with Crippen LogP contribution in [0.1, 0.15) is 6.42 Å². The van der Waals surface area contributed by atoms with Gasteiger partial charge >= 0.3 is 5.97 Å². The molecule has 1 aliphatic heterocycles. The van der Waals surface area contributed by atoms with Crippen LogP contribution >= 0.6 is 0 Å². The molecule has 0 aliphatic carbocycles. The number of hydrogen-bond acceptors (Lipinski definition) is 3. The molecule has 0 bridgehead atoms. The zero-order chi connectivity index (χ0) is 8.43. The molecule has 5 heteroatoms. The molecule has 0 aromatic heterocycles. The number of hydrazine groups is 1. The average Bonchev–Trinajstić information content (AvgIpc) is 2.18. The van der Waals surface area contributed by atoms with Gasteiger partial charge in [-0.3, -0.25) is 14.6 Å². The number of nitrogens with zero attached hydrogens (tertiary/aromatic N) is 2. The van der Waals surface area contributed by atoms with Crippen molar-refractivity contribution in [3.63, 3.8) is 0 Å². The third-order valence-electron chi connectivity index (χ3n) is 1.69. The van der Waals surface area contributed by atoms with Gasteiger partial charge in [-0.25, -0.2) is 5.01 Å². The van der Waals surface area contributed by atoms with E-state index < -0.39 is 5.97 Å². The zero-order valence-electron chi connectivity index (χ0n) is 6.28. The van der Waals surface area contributed by atoms with E-state index in [0.29, 0.717) is 13.0 Å². The maximum Gasteiger partial charge on any atom is 0.319 e. The molecule has 1 heterocycles. The summed E-state index contributed by atoms with van der Waals surface area (Å²) >= 11 is 0. The first-order chi connectivity index (χ1) is 5.11. The Labute approximate surface area is 64.2 Å². The van der Waals surface area contributed by atoms with E-state index in [0.717, 1.165) is 0 Å². The Balaban J connectivity index is 2.48. The molecular weight excluding hydrogens is 148 g/mol. The molecule has 1 fully saturated rings. The fraction of sp³-hybridized carbons (Fsp3) is 0.667. The number of rotatable bonds is 2. The molecule has 0 radical (unpaired) electrons. The number of aliphatic carboxylic acids is 1. The van der Waals surface area contributed by atoms with Crippen LogP contribution in [0.5, 0.6) is 0 Å². The van der Waals surface area contributed by atoms with Gasteiger partial charge in [-0.05, 0) is 0 Å². The molecule has 1 amide bonds. The molecule has 0 aromatic rings. The van der Waals surface area contributed by atoms with Gasteiger partial charge in [-0.15, -0.1) is 0 Å². The van der Waals surface area contributed by atoms with Crippen LogP contribution in [0.3, 0.4) is 0 Å². The van der Waals surface area contributed by atoms with Gasteiger partial charge in [0.2, 0.25) is 5.91 Å². The summed E-state index contributed by atoms with van der Waals surface area (Å²) in [6, 6.07) is 0.